The fourth-order valence-electron chi connectivity index (χ4n) is 3.37. The Morgan fingerprint density at radius 2 is 1.88 bits per heavy atom. The van der Waals surface area contributed by atoms with Crippen molar-refractivity contribution in [3.05, 3.63) is 53.3 Å². The molecule has 0 bridgehead atoms. The van der Waals surface area contributed by atoms with Crippen molar-refractivity contribution in [2.24, 2.45) is 0 Å². The second-order valence-electron chi connectivity index (χ2n) is 6.94. The third-order valence-electron chi connectivity index (χ3n) is 4.83. The summed E-state index contributed by atoms with van der Waals surface area (Å²) in [5.41, 5.74) is 2.21. The lowest BCUT2D eigenvalue weighted by Crippen LogP contribution is -2.47. The summed E-state index contributed by atoms with van der Waals surface area (Å²) in [4.78, 5) is 24.0. The molecular weight excluding hydrogens is 328 g/mol. The Hall–Kier alpha value is -2.47. The van der Waals surface area contributed by atoms with Crippen LogP contribution in [0.1, 0.15) is 29.8 Å². The Morgan fingerprint density at radius 1 is 1.19 bits per heavy atom. The van der Waals surface area contributed by atoms with E-state index in [2.05, 4.69) is 15.3 Å². The van der Waals surface area contributed by atoms with Crippen LogP contribution in [0.2, 0.25) is 0 Å². The van der Waals surface area contributed by atoms with Crippen LogP contribution >= 0.6 is 0 Å². The lowest BCUT2D eigenvalue weighted by Gasteiger charge is -2.36. The predicted octanol–water partition coefficient (Wildman–Crippen LogP) is 2.22. The summed E-state index contributed by atoms with van der Waals surface area (Å²) in [6.07, 6.45) is 1.38. The van der Waals surface area contributed by atoms with E-state index in [0.29, 0.717) is 38.5 Å². The maximum Gasteiger partial charge on any atom is 0.231 e. The van der Waals surface area contributed by atoms with Gasteiger partial charge in [0, 0.05) is 33.0 Å². The minimum atomic E-state index is -0.536. The van der Waals surface area contributed by atoms with Crippen molar-refractivity contribution in [3.63, 3.8) is 0 Å². The summed E-state index contributed by atoms with van der Waals surface area (Å²) in [6, 6.07) is 11.9. The topological polar surface area (TPSA) is 67.3 Å². The minimum Gasteiger partial charge on any atom is -0.381 e. The second kappa shape index (κ2) is 7.83. The molecule has 0 unspecified atom stereocenters. The molecule has 1 aromatic heterocycles. The van der Waals surface area contributed by atoms with Crippen molar-refractivity contribution in [3.8, 4) is 0 Å². The Kier molecular flexibility index (Phi) is 5.52. The summed E-state index contributed by atoms with van der Waals surface area (Å²) in [5.74, 6) is 0.688. The standard InChI is InChI=1S/C20H26N4O2/c1-15-13-17(23-19(22-15)24(2)3)14-21-18(25)20(9-11-26-12-10-20)16-7-5-4-6-8-16/h4-8,13H,9-12,14H2,1-3H3,(H,21,25). The number of amides is 1. The maximum atomic E-state index is 13.2. The molecule has 6 nitrogen and oxygen atoms in total. The summed E-state index contributed by atoms with van der Waals surface area (Å²) in [5, 5.41) is 3.10. The molecule has 1 aromatic carbocycles. The third kappa shape index (κ3) is 3.85. The SMILES string of the molecule is Cc1cc(CNC(=O)C2(c3ccccc3)CCOCC2)nc(N(C)C)n1. The van der Waals surface area contributed by atoms with Crippen molar-refractivity contribution in [1.82, 2.24) is 15.3 Å². The summed E-state index contributed by atoms with van der Waals surface area (Å²) < 4.78 is 5.51. The molecule has 1 amide bonds. The number of aromatic nitrogens is 2. The number of rotatable bonds is 5. The predicted molar refractivity (Wildman–Crippen MR) is 101 cm³/mol. The average molecular weight is 354 g/mol. The number of ether oxygens (including phenoxy) is 1. The molecule has 138 valence electrons. The molecule has 0 spiro atoms. The van der Waals surface area contributed by atoms with E-state index in [1.165, 1.54) is 0 Å². The van der Waals surface area contributed by atoms with E-state index in [9.17, 15) is 4.79 Å². The van der Waals surface area contributed by atoms with Gasteiger partial charge in [-0.15, -0.1) is 0 Å². The number of nitrogens with one attached hydrogen (secondary N) is 1. The van der Waals surface area contributed by atoms with Crippen LogP contribution in [0.25, 0.3) is 0 Å². The van der Waals surface area contributed by atoms with Gasteiger partial charge in [-0.25, -0.2) is 9.97 Å². The second-order valence-corrected chi connectivity index (χ2v) is 6.94. The van der Waals surface area contributed by atoms with E-state index in [-0.39, 0.29) is 5.91 Å². The van der Waals surface area contributed by atoms with E-state index in [0.717, 1.165) is 17.0 Å². The molecule has 1 aliphatic rings. The number of hydrogen-bond acceptors (Lipinski definition) is 5. The van der Waals surface area contributed by atoms with E-state index in [1.54, 1.807) is 0 Å². The van der Waals surface area contributed by atoms with Gasteiger partial charge in [0.15, 0.2) is 0 Å². The first kappa shape index (κ1) is 18.3. The Balaban J connectivity index is 1.79. The van der Waals surface area contributed by atoms with Crippen LogP contribution in [0.5, 0.6) is 0 Å². The minimum absolute atomic E-state index is 0.0367. The molecule has 3 rings (SSSR count). The fourth-order valence-corrected chi connectivity index (χ4v) is 3.37. The average Bonchev–Trinajstić information content (AvgIpc) is 2.67. The smallest absolute Gasteiger partial charge is 0.231 e. The number of carbonyl (C=O) groups excluding carboxylic acids is 1. The highest BCUT2D eigenvalue weighted by molar-refractivity contribution is 5.88. The van der Waals surface area contributed by atoms with E-state index < -0.39 is 5.41 Å². The monoisotopic (exact) mass is 354 g/mol. The van der Waals surface area contributed by atoms with Crippen LogP contribution in [-0.2, 0) is 21.5 Å². The Morgan fingerprint density at radius 3 is 2.54 bits per heavy atom. The van der Waals surface area contributed by atoms with Gasteiger partial charge in [-0.2, -0.15) is 0 Å². The van der Waals surface area contributed by atoms with Gasteiger partial charge in [0.05, 0.1) is 17.7 Å². The lowest BCUT2D eigenvalue weighted by molar-refractivity contribution is -0.130. The Labute approximate surface area is 154 Å². The van der Waals surface area contributed by atoms with E-state index >= 15 is 0 Å². The van der Waals surface area contributed by atoms with Crippen molar-refractivity contribution in [2.45, 2.75) is 31.7 Å². The van der Waals surface area contributed by atoms with Crippen LogP contribution in [-0.4, -0.2) is 43.2 Å². The molecule has 1 fully saturated rings. The van der Waals surface area contributed by atoms with Gasteiger partial charge in [-0.1, -0.05) is 30.3 Å². The molecule has 0 atom stereocenters. The van der Waals surface area contributed by atoms with Gasteiger partial charge in [0.1, 0.15) is 0 Å². The quantitative estimate of drug-likeness (QED) is 0.892. The highest BCUT2D eigenvalue weighted by Crippen LogP contribution is 2.35. The van der Waals surface area contributed by atoms with Crippen LogP contribution < -0.4 is 10.2 Å². The van der Waals surface area contributed by atoms with Crippen LogP contribution in [0.4, 0.5) is 5.95 Å². The zero-order valence-electron chi connectivity index (χ0n) is 15.7. The normalized spacial score (nSPS) is 16.1. The largest absolute Gasteiger partial charge is 0.381 e. The van der Waals surface area contributed by atoms with Gasteiger partial charge in [-0.05, 0) is 31.4 Å². The van der Waals surface area contributed by atoms with Gasteiger partial charge >= 0.3 is 0 Å². The molecule has 0 radical (unpaired) electrons. The van der Waals surface area contributed by atoms with Crippen molar-refractivity contribution in [2.75, 3.05) is 32.2 Å². The number of aryl methyl sites for hydroxylation is 1. The van der Waals surface area contributed by atoms with E-state index in [4.69, 9.17) is 4.74 Å². The van der Waals surface area contributed by atoms with Crippen LogP contribution in [0, 0.1) is 6.92 Å². The Bertz CT molecular complexity index is 756. The van der Waals surface area contributed by atoms with E-state index in [1.807, 2.05) is 62.3 Å². The van der Waals surface area contributed by atoms with Gasteiger partial charge < -0.3 is 15.0 Å². The first-order valence-corrected chi connectivity index (χ1v) is 8.95. The fraction of sp³-hybridized carbons (Fsp3) is 0.450. The first-order chi connectivity index (χ1) is 12.5. The molecule has 2 heterocycles. The zero-order valence-corrected chi connectivity index (χ0v) is 15.7. The van der Waals surface area contributed by atoms with Gasteiger partial charge in [0.2, 0.25) is 11.9 Å². The summed E-state index contributed by atoms with van der Waals surface area (Å²) in [7, 11) is 3.81. The molecule has 0 aliphatic carbocycles. The number of carbonyl (C=O) groups is 1. The first-order valence-electron chi connectivity index (χ1n) is 8.95. The number of anilines is 1. The van der Waals surface area contributed by atoms with Crippen LogP contribution in [0.15, 0.2) is 36.4 Å². The molecule has 1 saturated heterocycles. The van der Waals surface area contributed by atoms with Gasteiger partial charge in [-0.3, -0.25) is 4.79 Å². The summed E-state index contributed by atoms with van der Waals surface area (Å²) in [6.45, 7) is 3.52. The molecular formula is C20H26N4O2. The molecule has 26 heavy (non-hydrogen) atoms. The molecule has 6 heteroatoms. The number of nitrogens with zero attached hydrogens (tertiary/aromatic N) is 3. The number of benzene rings is 1. The lowest BCUT2D eigenvalue weighted by atomic mass is 9.73. The molecule has 1 N–H and O–H groups in total. The maximum absolute atomic E-state index is 13.2. The molecule has 0 saturated carbocycles. The van der Waals surface area contributed by atoms with Crippen molar-refractivity contribution < 1.29 is 9.53 Å². The third-order valence-corrected chi connectivity index (χ3v) is 4.83. The van der Waals surface area contributed by atoms with Crippen LogP contribution in [0.3, 0.4) is 0 Å². The molecule has 1 aliphatic heterocycles. The van der Waals surface area contributed by atoms with Crippen molar-refractivity contribution >= 4 is 11.9 Å². The zero-order chi connectivity index (χ0) is 18.6. The number of hydrogen-bond donors (Lipinski definition) is 1. The molecule has 2 aromatic rings. The summed E-state index contributed by atoms with van der Waals surface area (Å²) >= 11 is 0. The van der Waals surface area contributed by atoms with Crippen molar-refractivity contribution in [1.29, 1.82) is 0 Å². The highest BCUT2D eigenvalue weighted by Gasteiger charge is 2.41. The van der Waals surface area contributed by atoms with Gasteiger partial charge in [0.25, 0.3) is 0 Å². The highest BCUT2D eigenvalue weighted by atomic mass is 16.5.